The zero-order chi connectivity index (χ0) is 16.8. The molecule has 1 aromatic carbocycles. The van der Waals surface area contributed by atoms with Crippen LogP contribution in [0.1, 0.15) is 12.0 Å². The third-order valence-corrected chi connectivity index (χ3v) is 6.00. The quantitative estimate of drug-likeness (QED) is 0.809. The summed E-state index contributed by atoms with van der Waals surface area (Å²) in [5.74, 6) is -0.820. The lowest BCUT2D eigenvalue weighted by atomic mass is 10.2. The van der Waals surface area contributed by atoms with E-state index in [9.17, 15) is 22.4 Å². The van der Waals surface area contributed by atoms with Crippen LogP contribution in [0.5, 0.6) is 0 Å². The van der Waals surface area contributed by atoms with Crippen molar-refractivity contribution in [2.45, 2.75) is 24.3 Å². The molecule has 124 valence electrons. The molecule has 2 fully saturated rings. The van der Waals surface area contributed by atoms with Gasteiger partial charge in [-0.2, -0.15) is 4.31 Å². The number of hydrogen-bond acceptors (Lipinski definition) is 4. The van der Waals surface area contributed by atoms with Gasteiger partial charge in [0.05, 0.1) is 17.5 Å². The number of benzene rings is 1. The standard InChI is InChI=1S/C14H16FN3O4S/c1-9-6-11(2-3-12(9)15)23(21,22)17-5-4-10(8-17)18-13(19)7-16-14(18)20/h2-3,6,10H,4-5,7-8H2,1H3,(H,16,20). The molecule has 2 saturated heterocycles. The van der Waals surface area contributed by atoms with Crippen molar-refractivity contribution in [3.63, 3.8) is 0 Å². The van der Waals surface area contributed by atoms with E-state index in [0.29, 0.717) is 6.42 Å². The van der Waals surface area contributed by atoms with Gasteiger partial charge in [0.25, 0.3) is 0 Å². The molecule has 2 heterocycles. The van der Waals surface area contributed by atoms with Gasteiger partial charge in [-0.1, -0.05) is 0 Å². The van der Waals surface area contributed by atoms with Crippen molar-refractivity contribution in [3.8, 4) is 0 Å². The van der Waals surface area contributed by atoms with Crippen LogP contribution in [0.25, 0.3) is 0 Å². The molecule has 0 aromatic heterocycles. The Hall–Kier alpha value is -2.00. The molecule has 0 saturated carbocycles. The molecule has 23 heavy (non-hydrogen) atoms. The van der Waals surface area contributed by atoms with E-state index in [4.69, 9.17) is 0 Å². The van der Waals surface area contributed by atoms with Crippen molar-refractivity contribution in [2.24, 2.45) is 0 Å². The van der Waals surface area contributed by atoms with Gasteiger partial charge in [0, 0.05) is 13.1 Å². The monoisotopic (exact) mass is 341 g/mol. The van der Waals surface area contributed by atoms with Crippen LogP contribution in [0.3, 0.4) is 0 Å². The minimum absolute atomic E-state index is 0.00856. The molecular weight excluding hydrogens is 325 g/mol. The number of carbonyl (C=O) groups is 2. The molecule has 0 radical (unpaired) electrons. The molecule has 7 nitrogen and oxygen atoms in total. The highest BCUT2D eigenvalue weighted by molar-refractivity contribution is 7.89. The summed E-state index contributed by atoms with van der Waals surface area (Å²) in [6.07, 6.45) is 0.387. The van der Waals surface area contributed by atoms with Gasteiger partial charge in [-0.05, 0) is 37.1 Å². The number of carbonyl (C=O) groups excluding carboxylic acids is 2. The van der Waals surface area contributed by atoms with Gasteiger partial charge in [0.15, 0.2) is 0 Å². The number of halogens is 1. The Morgan fingerprint density at radius 2 is 2.04 bits per heavy atom. The number of sulfonamides is 1. The Bertz CT molecular complexity index is 764. The summed E-state index contributed by atoms with van der Waals surface area (Å²) in [7, 11) is -3.78. The van der Waals surface area contributed by atoms with E-state index in [0.717, 1.165) is 11.0 Å². The molecule has 3 amide bonds. The predicted octanol–water partition coefficient (Wildman–Crippen LogP) is 0.449. The first-order valence-electron chi connectivity index (χ1n) is 7.17. The van der Waals surface area contributed by atoms with Crippen LogP contribution in [-0.2, 0) is 14.8 Å². The van der Waals surface area contributed by atoms with Crippen LogP contribution in [0, 0.1) is 12.7 Å². The molecule has 0 spiro atoms. The molecule has 2 aliphatic heterocycles. The molecule has 1 N–H and O–H groups in total. The second-order valence-electron chi connectivity index (χ2n) is 5.64. The summed E-state index contributed by atoms with van der Waals surface area (Å²) in [5.41, 5.74) is 0.246. The predicted molar refractivity (Wildman–Crippen MR) is 78.5 cm³/mol. The second kappa shape index (κ2) is 5.57. The van der Waals surface area contributed by atoms with Crippen LogP contribution in [0.2, 0.25) is 0 Å². The van der Waals surface area contributed by atoms with Gasteiger partial charge in [0.2, 0.25) is 15.9 Å². The average Bonchev–Trinajstić information content (AvgIpc) is 3.09. The lowest BCUT2D eigenvalue weighted by molar-refractivity contribution is -0.126. The van der Waals surface area contributed by atoms with Gasteiger partial charge in [-0.3, -0.25) is 9.69 Å². The highest BCUT2D eigenvalue weighted by atomic mass is 32.2. The van der Waals surface area contributed by atoms with Crippen LogP contribution in [0.4, 0.5) is 9.18 Å². The van der Waals surface area contributed by atoms with Crippen molar-refractivity contribution in [1.82, 2.24) is 14.5 Å². The number of nitrogens with zero attached hydrogens (tertiary/aromatic N) is 2. The Morgan fingerprint density at radius 3 is 2.65 bits per heavy atom. The molecule has 9 heteroatoms. The Kier molecular flexibility index (Phi) is 3.85. The van der Waals surface area contributed by atoms with E-state index in [1.54, 1.807) is 0 Å². The summed E-state index contributed by atoms with van der Waals surface area (Å²) in [6, 6.07) is 2.66. The Labute approximate surface area is 133 Å². The fraction of sp³-hybridized carbons (Fsp3) is 0.429. The van der Waals surface area contributed by atoms with E-state index in [-0.39, 0.29) is 36.0 Å². The third-order valence-electron chi connectivity index (χ3n) is 4.14. The third kappa shape index (κ3) is 2.70. The lowest BCUT2D eigenvalue weighted by Crippen LogP contribution is -2.42. The molecule has 0 aliphatic carbocycles. The van der Waals surface area contributed by atoms with Gasteiger partial charge in [-0.25, -0.2) is 17.6 Å². The number of nitrogens with one attached hydrogen (secondary N) is 1. The van der Waals surface area contributed by atoms with Crippen LogP contribution in [0.15, 0.2) is 23.1 Å². The average molecular weight is 341 g/mol. The number of imide groups is 1. The minimum Gasteiger partial charge on any atom is -0.329 e. The molecule has 0 bridgehead atoms. The maximum absolute atomic E-state index is 13.3. The van der Waals surface area contributed by atoms with Crippen LogP contribution < -0.4 is 5.32 Å². The first-order chi connectivity index (χ1) is 10.8. The number of aryl methyl sites for hydroxylation is 1. The van der Waals surface area contributed by atoms with E-state index in [2.05, 4.69) is 5.32 Å². The fourth-order valence-corrected chi connectivity index (χ4v) is 4.45. The Balaban J connectivity index is 1.81. The molecular formula is C14H16FN3O4S. The summed E-state index contributed by atoms with van der Waals surface area (Å²) in [5, 5.41) is 2.42. The zero-order valence-corrected chi connectivity index (χ0v) is 13.3. The molecule has 3 rings (SSSR count). The van der Waals surface area contributed by atoms with Crippen molar-refractivity contribution >= 4 is 22.0 Å². The van der Waals surface area contributed by atoms with Gasteiger partial charge < -0.3 is 5.32 Å². The van der Waals surface area contributed by atoms with Gasteiger partial charge in [-0.15, -0.1) is 0 Å². The normalized spacial score (nSPS) is 22.7. The first-order valence-corrected chi connectivity index (χ1v) is 8.61. The smallest absolute Gasteiger partial charge is 0.324 e. The van der Waals surface area contributed by atoms with E-state index in [1.807, 2.05) is 0 Å². The summed E-state index contributed by atoms with van der Waals surface area (Å²) in [6.45, 7) is 1.70. The number of amides is 3. The molecule has 1 aromatic rings. The largest absolute Gasteiger partial charge is 0.329 e. The maximum atomic E-state index is 13.3. The zero-order valence-electron chi connectivity index (χ0n) is 12.5. The highest BCUT2D eigenvalue weighted by Crippen LogP contribution is 2.25. The first kappa shape index (κ1) is 15.9. The number of hydrogen-bond donors (Lipinski definition) is 1. The molecule has 2 aliphatic rings. The van der Waals surface area contributed by atoms with Crippen LogP contribution in [-0.4, -0.2) is 55.2 Å². The summed E-state index contributed by atoms with van der Waals surface area (Å²) in [4.78, 5) is 24.5. The molecule has 1 atom stereocenters. The molecule has 1 unspecified atom stereocenters. The van der Waals surface area contributed by atoms with E-state index >= 15 is 0 Å². The van der Waals surface area contributed by atoms with Crippen LogP contribution >= 0.6 is 0 Å². The van der Waals surface area contributed by atoms with Crippen molar-refractivity contribution in [3.05, 3.63) is 29.6 Å². The van der Waals surface area contributed by atoms with Crippen molar-refractivity contribution < 1.29 is 22.4 Å². The second-order valence-corrected chi connectivity index (χ2v) is 7.58. The summed E-state index contributed by atoms with van der Waals surface area (Å²) < 4.78 is 39.8. The maximum Gasteiger partial charge on any atom is 0.324 e. The summed E-state index contributed by atoms with van der Waals surface area (Å²) >= 11 is 0. The van der Waals surface area contributed by atoms with Gasteiger partial charge >= 0.3 is 6.03 Å². The van der Waals surface area contributed by atoms with Crippen molar-refractivity contribution in [2.75, 3.05) is 19.6 Å². The number of urea groups is 1. The lowest BCUT2D eigenvalue weighted by Gasteiger charge is -2.21. The topological polar surface area (TPSA) is 86.8 Å². The highest BCUT2D eigenvalue weighted by Gasteiger charge is 2.41. The Morgan fingerprint density at radius 1 is 1.30 bits per heavy atom. The SMILES string of the molecule is Cc1cc(S(=O)(=O)N2CCC(N3C(=O)CNC3=O)C2)ccc1F. The van der Waals surface area contributed by atoms with Crippen molar-refractivity contribution in [1.29, 1.82) is 0 Å². The van der Waals surface area contributed by atoms with E-state index in [1.165, 1.54) is 23.4 Å². The minimum atomic E-state index is -3.78. The number of rotatable bonds is 3. The fourth-order valence-electron chi connectivity index (χ4n) is 2.87. The van der Waals surface area contributed by atoms with Gasteiger partial charge in [0.1, 0.15) is 5.82 Å². The van der Waals surface area contributed by atoms with E-state index < -0.39 is 27.9 Å².